The van der Waals surface area contributed by atoms with Crippen LogP contribution in [0.1, 0.15) is 33.2 Å². The van der Waals surface area contributed by atoms with Crippen molar-refractivity contribution in [3.63, 3.8) is 0 Å². The number of carbonyl (C=O) groups is 3. The molecule has 0 atom stereocenters. The number of halogens is 2. The van der Waals surface area contributed by atoms with Gasteiger partial charge in [-0.15, -0.1) is 0 Å². The van der Waals surface area contributed by atoms with Crippen LogP contribution in [0.15, 0.2) is 42.5 Å². The van der Waals surface area contributed by atoms with Crippen molar-refractivity contribution in [2.24, 2.45) is 0 Å². The Morgan fingerprint density at radius 3 is 2.28 bits per heavy atom. The molecule has 0 aliphatic carbocycles. The fourth-order valence-electron chi connectivity index (χ4n) is 2.83. The molecule has 0 N–H and O–H groups in total. The Bertz CT molecular complexity index is 911. The van der Waals surface area contributed by atoms with Crippen LogP contribution in [0.25, 0.3) is 0 Å². The van der Waals surface area contributed by atoms with Crippen molar-refractivity contribution in [2.75, 3.05) is 13.2 Å². The third kappa shape index (κ3) is 4.50. The molecule has 7 nitrogen and oxygen atoms in total. The van der Waals surface area contributed by atoms with Crippen molar-refractivity contribution >= 4 is 17.8 Å². The van der Waals surface area contributed by atoms with Gasteiger partial charge in [0.15, 0.2) is 11.5 Å². The lowest BCUT2D eigenvalue weighted by Crippen LogP contribution is -2.35. The Morgan fingerprint density at radius 2 is 1.69 bits per heavy atom. The predicted octanol–water partition coefficient (Wildman–Crippen LogP) is 3.03. The van der Waals surface area contributed by atoms with Gasteiger partial charge in [0, 0.05) is 0 Å². The lowest BCUT2D eigenvalue weighted by atomic mass is 10.1. The standard InChI is InChI=1S/C20H17F2NO6/c1-2-27-16-9-12(7-8-15(16)29-20(21)22)11-28-17(24)10-23-18(25)13-5-3-4-6-14(13)19(23)26/h3-9,20H,2,10-11H2,1H3. The molecule has 0 radical (unpaired) electrons. The van der Waals surface area contributed by atoms with Gasteiger partial charge in [-0.1, -0.05) is 18.2 Å². The number of benzene rings is 2. The molecule has 0 aromatic heterocycles. The van der Waals surface area contributed by atoms with Crippen LogP contribution in [0.2, 0.25) is 0 Å². The number of hydrogen-bond acceptors (Lipinski definition) is 6. The molecule has 1 aliphatic heterocycles. The molecular formula is C20H17F2NO6. The molecule has 152 valence electrons. The maximum absolute atomic E-state index is 12.4. The average Bonchev–Trinajstić information content (AvgIpc) is 2.93. The van der Waals surface area contributed by atoms with Crippen molar-refractivity contribution in [3.8, 4) is 11.5 Å². The number of hydrogen-bond donors (Lipinski definition) is 0. The van der Waals surface area contributed by atoms with Crippen molar-refractivity contribution in [2.45, 2.75) is 20.1 Å². The summed E-state index contributed by atoms with van der Waals surface area (Å²) in [6.07, 6.45) is 0. The minimum absolute atomic E-state index is 0.0849. The van der Waals surface area contributed by atoms with Crippen LogP contribution in [-0.4, -0.2) is 42.4 Å². The van der Waals surface area contributed by atoms with Gasteiger partial charge in [0.2, 0.25) is 0 Å². The molecule has 0 saturated carbocycles. The molecule has 0 fully saturated rings. The van der Waals surface area contributed by atoms with Crippen LogP contribution in [0.5, 0.6) is 11.5 Å². The number of esters is 1. The molecule has 0 spiro atoms. The fraction of sp³-hybridized carbons (Fsp3) is 0.250. The molecule has 0 bridgehead atoms. The Labute approximate surface area is 164 Å². The summed E-state index contributed by atoms with van der Waals surface area (Å²) in [5, 5.41) is 0. The second-order valence-corrected chi connectivity index (χ2v) is 6.00. The summed E-state index contributed by atoms with van der Waals surface area (Å²) in [7, 11) is 0. The Kier molecular flexibility index (Phi) is 6.06. The molecule has 1 heterocycles. The zero-order chi connectivity index (χ0) is 21.0. The molecular weight excluding hydrogens is 388 g/mol. The molecule has 0 unspecified atom stereocenters. The van der Waals surface area contributed by atoms with E-state index in [9.17, 15) is 23.2 Å². The van der Waals surface area contributed by atoms with Gasteiger partial charge in [0.1, 0.15) is 13.2 Å². The molecule has 1 aliphatic rings. The van der Waals surface area contributed by atoms with E-state index < -0.39 is 30.9 Å². The Morgan fingerprint density at radius 1 is 1.03 bits per heavy atom. The highest BCUT2D eigenvalue weighted by molar-refractivity contribution is 6.22. The molecule has 2 aromatic rings. The van der Waals surface area contributed by atoms with E-state index >= 15 is 0 Å². The topological polar surface area (TPSA) is 82.1 Å². The summed E-state index contributed by atoms with van der Waals surface area (Å²) in [5.74, 6) is -1.96. The first kappa shape index (κ1) is 20.2. The number of carbonyl (C=O) groups excluding carboxylic acids is 3. The number of alkyl halides is 2. The number of nitrogens with zero attached hydrogens (tertiary/aromatic N) is 1. The number of fused-ring (bicyclic) bond motifs is 1. The number of amides is 2. The summed E-state index contributed by atoms with van der Waals surface area (Å²) in [6, 6.07) is 10.4. The smallest absolute Gasteiger partial charge is 0.387 e. The highest BCUT2D eigenvalue weighted by Gasteiger charge is 2.36. The van der Waals surface area contributed by atoms with Gasteiger partial charge in [0.05, 0.1) is 17.7 Å². The van der Waals surface area contributed by atoms with Crippen LogP contribution in [0.3, 0.4) is 0 Å². The summed E-state index contributed by atoms with van der Waals surface area (Å²) < 4.78 is 39.6. The largest absolute Gasteiger partial charge is 0.490 e. The third-order valence-corrected chi connectivity index (χ3v) is 4.09. The van der Waals surface area contributed by atoms with E-state index in [1.165, 1.54) is 30.3 Å². The molecule has 2 aromatic carbocycles. The highest BCUT2D eigenvalue weighted by Crippen LogP contribution is 2.30. The zero-order valence-electron chi connectivity index (χ0n) is 15.4. The Balaban J connectivity index is 1.62. The van der Waals surface area contributed by atoms with Crippen molar-refractivity contribution in [3.05, 3.63) is 59.2 Å². The van der Waals surface area contributed by atoms with Crippen molar-refractivity contribution in [1.82, 2.24) is 4.90 Å². The van der Waals surface area contributed by atoms with E-state index in [0.717, 1.165) is 4.90 Å². The highest BCUT2D eigenvalue weighted by atomic mass is 19.3. The first-order valence-electron chi connectivity index (χ1n) is 8.72. The second kappa shape index (κ2) is 8.68. The van der Waals surface area contributed by atoms with E-state index in [1.54, 1.807) is 19.1 Å². The van der Waals surface area contributed by atoms with Crippen molar-refractivity contribution < 1.29 is 37.4 Å². The SMILES string of the molecule is CCOc1cc(COC(=O)CN2C(=O)c3ccccc3C2=O)ccc1OC(F)F. The van der Waals surface area contributed by atoms with Crippen molar-refractivity contribution in [1.29, 1.82) is 0 Å². The molecule has 0 saturated heterocycles. The normalized spacial score (nSPS) is 12.9. The minimum atomic E-state index is -3.00. The lowest BCUT2D eigenvalue weighted by Gasteiger charge is -2.14. The zero-order valence-corrected chi connectivity index (χ0v) is 15.4. The summed E-state index contributed by atoms with van der Waals surface area (Å²) in [4.78, 5) is 37.5. The summed E-state index contributed by atoms with van der Waals surface area (Å²) in [6.45, 7) is -1.82. The van der Waals surface area contributed by atoms with E-state index in [-0.39, 0.29) is 35.8 Å². The average molecular weight is 405 g/mol. The van der Waals surface area contributed by atoms with Gasteiger partial charge in [-0.2, -0.15) is 8.78 Å². The van der Waals surface area contributed by atoms with Gasteiger partial charge in [-0.3, -0.25) is 19.3 Å². The van der Waals surface area contributed by atoms with E-state index in [4.69, 9.17) is 9.47 Å². The third-order valence-electron chi connectivity index (χ3n) is 4.09. The monoisotopic (exact) mass is 405 g/mol. The first-order valence-corrected chi connectivity index (χ1v) is 8.72. The van der Waals surface area contributed by atoms with E-state index in [2.05, 4.69) is 4.74 Å². The fourth-order valence-corrected chi connectivity index (χ4v) is 2.83. The number of imide groups is 1. The molecule has 29 heavy (non-hydrogen) atoms. The van der Waals surface area contributed by atoms with Gasteiger partial charge < -0.3 is 14.2 Å². The second-order valence-electron chi connectivity index (χ2n) is 6.00. The van der Waals surface area contributed by atoms with Crippen LogP contribution in [0.4, 0.5) is 8.78 Å². The Hall–Kier alpha value is -3.49. The number of ether oxygens (including phenoxy) is 3. The molecule has 3 rings (SSSR count). The van der Waals surface area contributed by atoms with Gasteiger partial charge in [-0.25, -0.2) is 0 Å². The van der Waals surface area contributed by atoms with Gasteiger partial charge in [-0.05, 0) is 36.8 Å². The molecule has 2 amide bonds. The minimum Gasteiger partial charge on any atom is -0.490 e. The molecule has 9 heteroatoms. The predicted molar refractivity (Wildman–Crippen MR) is 95.8 cm³/mol. The number of rotatable bonds is 8. The lowest BCUT2D eigenvalue weighted by molar-refractivity contribution is -0.145. The summed E-state index contributed by atoms with van der Waals surface area (Å²) >= 11 is 0. The maximum atomic E-state index is 12.4. The first-order chi connectivity index (χ1) is 13.9. The van der Waals surface area contributed by atoms with Crippen LogP contribution in [-0.2, 0) is 16.1 Å². The van der Waals surface area contributed by atoms with E-state index in [0.29, 0.717) is 5.56 Å². The quantitative estimate of drug-likeness (QED) is 0.496. The maximum Gasteiger partial charge on any atom is 0.387 e. The van der Waals surface area contributed by atoms with Crippen LogP contribution in [0, 0.1) is 0 Å². The summed E-state index contributed by atoms with van der Waals surface area (Å²) in [5.41, 5.74) is 0.938. The van der Waals surface area contributed by atoms with Crippen LogP contribution >= 0.6 is 0 Å². The van der Waals surface area contributed by atoms with E-state index in [1.807, 2.05) is 0 Å². The van der Waals surface area contributed by atoms with Gasteiger partial charge >= 0.3 is 12.6 Å². The van der Waals surface area contributed by atoms with Crippen LogP contribution < -0.4 is 9.47 Å². The van der Waals surface area contributed by atoms with Gasteiger partial charge in [0.25, 0.3) is 11.8 Å².